The molecule has 0 unspecified atom stereocenters. The lowest BCUT2D eigenvalue weighted by Gasteiger charge is -2.37. The van der Waals surface area contributed by atoms with Crippen LogP contribution in [0.25, 0.3) is 22.0 Å². The number of rotatable bonds is 3. The second-order valence-electron chi connectivity index (χ2n) is 7.13. The molecule has 0 saturated carbocycles. The van der Waals surface area contributed by atoms with Gasteiger partial charge in [-0.05, 0) is 42.8 Å². The third-order valence-corrected chi connectivity index (χ3v) is 5.45. The highest BCUT2D eigenvalue weighted by Gasteiger charge is 2.20. The third-order valence-electron chi connectivity index (χ3n) is 5.45. The van der Waals surface area contributed by atoms with Crippen LogP contribution in [0.15, 0.2) is 61.1 Å². The van der Waals surface area contributed by atoms with Gasteiger partial charge in [-0.1, -0.05) is 12.1 Å². The maximum absolute atomic E-state index is 4.57. The highest BCUT2D eigenvalue weighted by atomic mass is 15.3. The number of nitrogens with one attached hydrogen (secondary N) is 1. The smallest absolute Gasteiger partial charge is 0.128 e. The number of H-pyrrole nitrogens is 1. The predicted octanol–water partition coefficient (Wildman–Crippen LogP) is 3.65. The van der Waals surface area contributed by atoms with E-state index in [0.717, 1.165) is 48.8 Å². The minimum Gasteiger partial charge on any atom is -0.367 e. The lowest BCUT2D eigenvalue weighted by atomic mass is 10.0. The van der Waals surface area contributed by atoms with Crippen molar-refractivity contribution in [1.82, 2.24) is 20.2 Å². The molecule has 28 heavy (non-hydrogen) atoms. The summed E-state index contributed by atoms with van der Waals surface area (Å²) in [5.74, 6) is 1.06. The van der Waals surface area contributed by atoms with Crippen molar-refractivity contribution in [1.29, 1.82) is 0 Å². The molecule has 6 heteroatoms. The van der Waals surface area contributed by atoms with Crippen LogP contribution >= 0.6 is 0 Å². The fraction of sp³-hybridized carbons (Fsp3) is 0.227. The summed E-state index contributed by atoms with van der Waals surface area (Å²) in [6.07, 6.45) is 5.65. The standard InChI is InChI=1S/C22H22N6/c1-16-19(15-25-26-16)17-5-6-20-18(14-17)21(7-9-23-20)27-10-12-28(13-11-27)22-4-2-3-8-24-22/h2-9,14-15H,10-13H2,1H3,(H,25,26). The zero-order valence-corrected chi connectivity index (χ0v) is 15.8. The SMILES string of the molecule is Cc1[nH]ncc1-c1ccc2nccc(N3CCN(c4ccccn4)CC3)c2c1. The van der Waals surface area contributed by atoms with Crippen molar-refractivity contribution in [2.24, 2.45) is 0 Å². The van der Waals surface area contributed by atoms with Crippen LogP contribution in [0, 0.1) is 6.92 Å². The van der Waals surface area contributed by atoms with Gasteiger partial charge in [0.05, 0.1) is 11.7 Å². The summed E-state index contributed by atoms with van der Waals surface area (Å²) in [4.78, 5) is 13.9. The molecular weight excluding hydrogens is 348 g/mol. The first-order valence-electron chi connectivity index (χ1n) is 9.59. The fourth-order valence-corrected chi connectivity index (χ4v) is 3.93. The van der Waals surface area contributed by atoms with Crippen LogP contribution in [0.1, 0.15) is 5.69 Å². The van der Waals surface area contributed by atoms with Gasteiger partial charge in [-0.25, -0.2) is 4.98 Å². The number of piperazine rings is 1. The maximum atomic E-state index is 4.57. The van der Waals surface area contributed by atoms with Gasteiger partial charge >= 0.3 is 0 Å². The van der Waals surface area contributed by atoms with E-state index >= 15 is 0 Å². The Morgan fingerprint density at radius 1 is 0.893 bits per heavy atom. The number of benzene rings is 1. The Labute approximate surface area is 163 Å². The van der Waals surface area contributed by atoms with Crippen molar-refractivity contribution in [2.45, 2.75) is 6.92 Å². The number of anilines is 2. The fourth-order valence-electron chi connectivity index (χ4n) is 3.93. The van der Waals surface area contributed by atoms with Gasteiger partial charge in [0.1, 0.15) is 5.82 Å². The predicted molar refractivity (Wildman–Crippen MR) is 113 cm³/mol. The van der Waals surface area contributed by atoms with Gasteiger partial charge < -0.3 is 9.80 Å². The first-order chi connectivity index (χ1) is 13.8. The first-order valence-corrected chi connectivity index (χ1v) is 9.59. The van der Waals surface area contributed by atoms with Crippen LogP contribution < -0.4 is 9.80 Å². The molecule has 1 saturated heterocycles. The Morgan fingerprint density at radius 3 is 2.50 bits per heavy atom. The molecule has 0 aliphatic carbocycles. The molecule has 6 nitrogen and oxygen atoms in total. The Kier molecular flexibility index (Phi) is 4.16. The van der Waals surface area contributed by atoms with Crippen LogP contribution in [-0.2, 0) is 0 Å². The monoisotopic (exact) mass is 370 g/mol. The largest absolute Gasteiger partial charge is 0.367 e. The molecule has 140 valence electrons. The van der Waals surface area contributed by atoms with Gasteiger partial charge in [0.2, 0.25) is 0 Å². The summed E-state index contributed by atoms with van der Waals surface area (Å²) in [5.41, 5.74) is 5.65. The average Bonchev–Trinajstić information content (AvgIpc) is 3.19. The zero-order valence-electron chi connectivity index (χ0n) is 15.8. The molecule has 0 spiro atoms. The van der Waals surface area contributed by atoms with E-state index < -0.39 is 0 Å². The van der Waals surface area contributed by atoms with Crippen LogP contribution in [-0.4, -0.2) is 46.3 Å². The molecule has 4 heterocycles. The zero-order chi connectivity index (χ0) is 18.9. The van der Waals surface area contributed by atoms with Crippen molar-refractivity contribution in [3.8, 4) is 11.1 Å². The molecule has 1 aliphatic heterocycles. The number of hydrogen-bond acceptors (Lipinski definition) is 5. The first kappa shape index (κ1) is 16.7. The Morgan fingerprint density at radius 2 is 1.75 bits per heavy atom. The molecular formula is C22H22N6. The Balaban J connectivity index is 1.45. The summed E-state index contributed by atoms with van der Waals surface area (Å²) in [6, 6.07) is 14.7. The second-order valence-corrected chi connectivity index (χ2v) is 7.13. The van der Waals surface area contributed by atoms with E-state index in [1.165, 1.54) is 16.6 Å². The highest BCUT2D eigenvalue weighted by molar-refractivity contribution is 5.95. The van der Waals surface area contributed by atoms with Crippen molar-refractivity contribution < 1.29 is 0 Å². The van der Waals surface area contributed by atoms with E-state index in [1.54, 1.807) is 0 Å². The number of aromatic amines is 1. The lowest BCUT2D eigenvalue weighted by Crippen LogP contribution is -2.46. The Hall–Kier alpha value is -3.41. The Bertz CT molecular complexity index is 1100. The molecule has 3 aromatic heterocycles. The highest BCUT2D eigenvalue weighted by Crippen LogP contribution is 2.31. The quantitative estimate of drug-likeness (QED) is 0.596. The van der Waals surface area contributed by atoms with Gasteiger partial charge in [-0.15, -0.1) is 0 Å². The van der Waals surface area contributed by atoms with Crippen LogP contribution in [0.4, 0.5) is 11.5 Å². The number of pyridine rings is 2. The van der Waals surface area contributed by atoms with Gasteiger partial charge in [-0.2, -0.15) is 5.10 Å². The minimum atomic E-state index is 0.960. The number of nitrogens with zero attached hydrogens (tertiary/aromatic N) is 5. The number of hydrogen-bond donors (Lipinski definition) is 1. The van der Waals surface area contributed by atoms with E-state index in [9.17, 15) is 0 Å². The van der Waals surface area contributed by atoms with Gasteiger partial charge in [0.25, 0.3) is 0 Å². The van der Waals surface area contributed by atoms with Crippen molar-refractivity contribution >= 4 is 22.4 Å². The molecule has 1 aromatic carbocycles. The van der Waals surface area contributed by atoms with E-state index in [2.05, 4.69) is 60.3 Å². The molecule has 0 amide bonds. The van der Waals surface area contributed by atoms with Crippen molar-refractivity contribution in [2.75, 3.05) is 36.0 Å². The number of aryl methyl sites for hydroxylation is 1. The van der Waals surface area contributed by atoms with Crippen molar-refractivity contribution in [3.63, 3.8) is 0 Å². The molecule has 0 atom stereocenters. The van der Waals surface area contributed by atoms with Gasteiger partial charge in [0.15, 0.2) is 0 Å². The molecule has 0 radical (unpaired) electrons. The molecule has 0 bridgehead atoms. The van der Waals surface area contributed by atoms with Gasteiger partial charge in [-0.3, -0.25) is 10.1 Å². The molecule has 4 aromatic rings. The maximum Gasteiger partial charge on any atom is 0.128 e. The van der Waals surface area contributed by atoms with Crippen LogP contribution in [0.2, 0.25) is 0 Å². The van der Waals surface area contributed by atoms with E-state index in [1.807, 2.05) is 37.6 Å². The topological polar surface area (TPSA) is 60.9 Å². The second kappa shape index (κ2) is 6.96. The average molecular weight is 370 g/mol. The third kappa shape index (κ3) is 2.97. The van der Waals surface area contributed by atoms with Gasteiger partial charge in [0, 0.05) is 60.9 Å². The molecule has 1 aliphatic rings. The summed E-state index contributed by atoms with van der Waals surface area (Å²) < 4.78 is 0. The number of aromatic nitrogens is 4. The van der Waals surface area contributed by atoms with Crippen LogP contribution in [0.5, 0.6) is 0 Å². The minimum absolute atomic E-state index is 0.960. The lowest BCUT2D eigenvalue weighted by molar-refractivity contribution is 0.649. The summed E-state index contributed by atoms with van der Waals surface area (Å²) in [7, 11) is 0. The van der Waals surface area contributed by atoms with E-state index in [-0.39, 0.29) is 0 Å². The summed E-state index contributed by atoms with van der Waals surface area (Å²) in [5, 5.41) is 8.38. The van der Waals surface area contributed by atoms with Crippen molar-refractivity contribution in [3.05, 3.63) is 66.7 Å². The number of fused-ring (bicyclic) bond motifs is 1. The van der Waals surface area contributed by atoms with Crippen LogP contribution in [0.3, 0.4) is 0 Å². The molecule has 1 fully saturated rings. The summed E-state index contributed by atoms with van der Waals surface area (Å²) >= 11 is 0. The molecule has 1 N–H and O–H groups in total. The summed E-state index contributed by atoms with van der Waals surface area (Å²) in [6.45, 7) is 5.89. The normalized spacial score (nSPS) is 14.6. The van der Waals surface area contributed by atoms with E-state index in [0.29, 0.717) is 0 Å². The van der Waals surface area contributed by atoms with E-state index in [4.69, 9.17) is 0 Å². The molecule has 5 rings (SSSR count).